The van der Waals surface area contributed by atoms with Gasteiger partial charge in [-0.3, -0.25) is 4.90 Å². The Morgan fingerprint density at radius 2 is 2.08 bits per heavy atom. The Bertz CT molecular complexity index is 782. The zero-order chi connectivity index (χ0) is 18.1. The smallest absolute Gasteiger partial charge is 0.336 e. The van der Waals surface area contributed by atoms with Crippen LogP contribution in [0.15, 0.2) is 42.6 Å². The second-order valence-electron chi connectivity index (χ2n) is 7.42. The molecule has 136 valence electrons. The molecule has 1 saturated heterocycles. The number of hydrogen-bond donors (Lipinski definition) is 1. The van der Waals surface area contributed by atoms with Gasteiger partial charge in [0.2, 0.25) is 0 Å². The van der Waals surface area contributed by atoms with Gasteiger partial charge in [-0.1, -0.05) is 18.2 Å². The van der Waals surface area contributed by atoms with Crippen LogP contribution in [-0.2, 0) is 6.54 Å². The van der Waals surface area contributed by atoms with E-state index in [1.165, 1.54) is 12.8 Å². The topological polar surface area (TPSA) is 69.6 Å². The predicted octanol–water partition coefficient (Wildman–Crippen LogP) is 2.52. The monoisotopic (exact) mass is 352 g/mol. The Morgan fingerprint density at radius 3 is 2.85 bits per heavy atom. The third-order valence-corrected chi connectivity index (χ3v) is 5.95. The van der Waals surface area contributed by atoms with Gasteiger partial charge in [-0.05, 0) is 48.4 Å². The molecule has 0 radical (unpaired) electrons. The Labute approximate surface area is 153 Å². The highest BCUT2D eigenvalue weighted by atomic mass is 16.4. The molecule has 0 unspecified atom stereocenters. The highest BCUT2D eigenvalue weighted by molar-refractivity contribution is 5.89. The van der Waals surface area contributed by atoms with Gasteiger partial charge in [0.05, 0.1) is 5.56 Å². The molecule has 2 fully saturated rings. The molecular weight excluding hydrogens is 328 g/mol. The fourth-order valence-electron chi connectivity index (χ4n) is 4.70. The molecule has 0 bridgehead atoms. The number of aromatic carboxylic acids is 1. The van der Waals surface area contributed by atoms with Gasteiger partial charge in [0.1, 0.15) is 0 Å². The number of aromatic nitrogens is 2. The average Bonchev–Trinajstić information content (AvgIpc) is 3.22. The standard InChI is InChI=1S/C20H24N4O2/c1-23(19-7-4-10-21-22-19)18-9-8-15-12-24(13-17(15)18)11-14-5-2-3-6-16(14)20(25)26/h2-7,10,15,17-18H,8-9,11-13H2,1H3,(H,25,26)/t15-,17+,18-/m1/s1. The maximum absolute atomic E-state index is 11.5. The summed E-state index contributed by atoms with van der Waals surface area (Å²) in [6, 6.07) is 11.7. The van der Waals surface area contributed by atoms with Crippen molar-refractivity contribution < 1.29 is 9.90 Å². The third-order valence-electron chi connectivity index (χ3n) is 5.95. The summed E-state index contributed by atoms with van der Waals surface area (Å²) in [5, 5.41) is 17.7. The summed E-state index contributed by atoms with van der Waals surface area (Å²) in [6.45, 7) is 2.76. The lowest BCUT2D eigenvalue weighted by Gasteiger charge is -2.30. The number of fused-ring (bicyclic) bond motifs is 1. The Hall–Kier alpha value is -2.47. The molecule has 4 rings (SSSR count). The van der Waals surface area contributed by atoms with Crippen molar-refractivity contribution in [2.75, 3.05) is 25.0 Å². The largest absolute Gasteiger partial charge is 0.478 e. The molecule has 1 aromatic carbocycles. The molecule has 1 aliphatic heterocycles. The van der Waals surface area contributed by atoms with Crippen molar-refractivity contribution in [3.63, 3.8) is 0 Å². The number of nitrogens with zero attached hydrogens (tertiary/aromatic N) is 4. The van der Waals surface area contributed by atoms with E-state index in [1.54, 1.807) is 18.3 Å². The van der Waals surface area contributed by atoms with Gasteiger partial charge < -0.3 is 10.0 Å². The van der Waals surface area contributed by atoms with Gasteiger partial charge in [0.25, 0.3) is 0 Å². The summed E-state index contributed by atoms with van der Waals surface area (Å²) in [4.78, 5) is 16.1. The van der Waals surface area contributed by atoms with Crippen LogP contribution in [-0.4, -0.2) is 52.4 Å². The molecule has 2 heterocycles. The van der Waals surface area contributed by atoms with Crippen molar-refractivity contribution in [2.45, 2.75) is 25.4 Å². The molecule has 1 N–H and O–H groups in total. The van der Waals surface area contributed by atoms with Crippen LogP contribution in [0.5, 0.6) is 0 Å². The van der Waals surface area contributed by atoms with E-state index in [-0.39, 0.29) is 0 Å². The van der Waals surface area contributed by atoms with Crippen LogP contribution < -0.4 is 4.90 Å². The van der Waals surface area contributed by atoms with Crippen molar-refractivity contribution >= 4 is 11.8 Å². The SMILES string of the molecule is CN(c1cccnn1)[C@@H]1CC[C@@H]2CN(Cc3ccccc3C(=O)O)C[C@@H]21. The first kappa shape index (κ1) is 17.0. The minimum atomic E-state index is -0.847. The number of hydrogen-bond acceptors (Lipinski definition) is 5. The molecule has 6 heteroatoms. The van der Waals surface area contributed by atoms with E-state index >= 15 is 0 Å². The highest BCUT2D eigenvalue weighted by Crippen LogP contribution is 2.41. The van der Waals surface area contributed by atoms with E-state index in [0.717, 1.165) is 24.5 Å². The Morgan fingerprint density at radius 1 is 1.23 bits per heavy atom. The summed E-state index contributed by atoms with van der Waals surface area (Å²) in [6.07, 6.45) is 4.10. The summed E-state index contributed by atoms with van der Waals surface area (Å²) in [5.74, 6) is 1.35. The second kappa shape index (κ2) is 7.03. The van der Waals surface area contributed by atoms with Gasteiger partial charge in [-0.15, -0.1) is 5.10 Å². The van der Waals surface area contributed by atoms with Crippen molar-refractivity contribution in [2.24, 2.45) is 11.8 Å². The van der Waals surface area contributed by atoms with Gasteiger partial charge in [-0.2, -0.15) is 5.10 Å². The van der Waals surface area contributed by atoms with E-state index in [0.29, 0.717) is 30.0 Å². The van der Waals surface area contributed by atoms with Gasteiger partial charge in [0.15, 0.2) is 5.82 Å². The quantitative estimate of drug-likeness (QED) is 0.892. The summed E-state index contributed by atoms with van der Waals surface area (Å²) in [5.41, 5.74) is 1.32. The van der Waals surface area contributed by atoms with Crippen molar-refractivity contribution in [1.29, 1.82) is 0 Å². The van der Waals surface area contributed by atoms with Crippen LogP contribution >= 0.6 is 0 Å². The molecule has 1 saturated carbocycles. The van der Waals surface area contributed by atoms with Crippen LogP contribution in [0.1, 0.15) is 28.8 Å². The maximum Gasteiger partial charge on any atom is 0.336 e. The van der Waals surface area contributed by atoms with E-state index in [4.69, 9.17) is 0 Å². The number of benzene rings is 1. The van der Waals surface area contributed by atoms with Crippen LogP contribution in [0.2, 0.25) is 0 Å². The summed E-state index contributed by atoms with van der Waals surface area (Å²) >= 11 is 0. The molecule has 6 nitrogen and oxygen atoms in total. The summed E-state index contributed by atoms with van der Waals surface area (Å²) in [7, 11) is 2.11. The lowest BCUT2D eigenvalue weighted by Crippen LogP contribution is -2.38. The van der Waals surface area contributed by atoms with Gasteiger partial charge >= 0.3 is 5.97 Å². The molecule has 0 amide bonds. The first-order chi connectivity index (χ1) is 12.6. The number of rotatable bonds is 5. The zero-order valence-electron chi connectivity index (χ0n) is 15.0. The molecule has 3 atom stereocenters. The molecular formula is C20H24N4O2. The summed E-state index contributed by atoms with van der Waals surface area (Å²) < 4.78 is 0. The fourth-order valence-corrected chi connectivity index (χ4v) is 4.70. The fraction of sp³-hybridized carbons (Fsp3) is 0.450. The number of carboxylic acids is 1. The zero-order valence-corrected chi connectivity index (χ0v) is 15.0. The van der Waals surface area contributed by atoms with E-state index in [1.807, 2.05) is 24.3 Å². The molecule has 1 aromatic heterocycles. The first-order valence-corrected chi connectivity index (χ1v) is 9.17. The van der Waals surface area contributed by atoms with E-state index in [9.17, 15) is 9.90 Å². The number of carbonyl (C=O) groups is 1. The van der Waals surface area contributed by atoms with Crippen molar-refractivity contribution in [1.82, 2.24) is 15.1 Å². The van der Waals surface area contributed by atoms with Gasteiger partial charge in [0, 0.05) is 38.9 Å². The average molecular weight is 352 g/mol. The molecule has 1 aliphatic carbocycles. The van der Waals surface area contributed by atoms with Crippen LogP contribution in [0.3, 0.4) is 0 Å². The van der Waals surface area contributed by atoms with Crippen LogP contribution in [0.25, 0.3) is 0 Å². The molecule has 26 heavy (non-hydrogen) atoms. The highest BCUT2D eigenvalue weighted by Gasteiger charge is 2.44. The Kier molecular flexibility index (Phi) is 4.59. The van der Waals surface area contributed by atoms with Crippen molar-refractivity contribution in [3.05, 3.63) is 53.7 Å². The van der Waals surface area contributed by atoms with E-state index in [2.05, 4.69) is 27.0 Å². The van der Waals surface area contributed by atoms with Crippen molar-refractivity contribution in [3.8, 4) is 0 Å². The number of carboxylic acid groups (broad SMARTS) is 1. The molecule has 2 aliphatic rings. The second-order valence-corrected chi connectivity index (χ2v) is 7.42. The Balaban J connectivity index is 1.46. The first-order valence-electron chi connectivity index (χ1n) is 9.17. The normalized spacial score (nSPS) is 25.2. The molecule has 0 spiro atoms. The lowest BCUT2D eigenvalue weighted by atomic mass is 9.97. The minimum absolute atomic E-state index is 0.415. The van der Waals surface area contributed by atoms with Crippen LogP contribution in [0, 0.1) is 11.8 Å². The lowest BCUT2D eigenvalue weighted by molar-refractivity contribution is 0.0694. The predicted molar refractivity (Wildman–Crippen MR) is 99.1 cm³/mol. The maximum atomic E-state index is 11.5. The molecule has 2 aromatic rings. The number of anilines is 1. The minimum Gasteiger partial charge on any atom is -0.478 e. The van der Waals surface area contributed by atoms with E-state index < -0.39 is 5.97 Å². The van der Waals surface area contributed by atoms with Crippen LogP contribution in [0.4, 0.5) is 5.82 Å². The number of likely N-dealkylation sites (tertiary alicyclic amines) is 1. The van der Waals surface area contributed by atoms with Gasteiger partial charge in [-0.25, -0.2) is 4.79 Å². The third kappa shape index (κ3) is 3.17.